The molecular weight excluding hydrogens is 304 g/mol. The number of nitrogens with zero attached hydrogens (tertiary/aromatic N) is 2. The Kier molecular flexibility index (Phi) is 4.37. The lowest BCUT2D eigenvalue weighted by Gasteiger charge is -2.25. The molecule has 0 amide bonds. The Bertz CT molecular complexity index is 568. The van der Waals surface area contributed by atoms with E-state index in [1.54, 1.807) is 12.4 Å². The Balaban J connectivity index is 2.21. The number of nitrogens with two attached hydrogens (primary N) is 1. The summed E-state index contributed by atoms with van der Waals surface area (Å²) >= 11 is 3.41. The third-order valence-electron chi connectivity index (χ3n) is 3.12. The van der Waals surface area contributed by atoms with E-state index in [1.165, 1.54) is 0 Å². The Morgan fingerprint density at radius 3 is 2.89 bits per heavy atom. The van der Waals surface area contributed by atoms with E-state index in [2.05, 4.69) is 45.1 Å². The van der Waals surface area contributed by atoms with Gasteiger partial charge in [-0.3, -0.25) is 9.97 Å². The van der Waals surface area contributed by atoms with Crippen molar-refractivity contribution in [3.8, 4) is 0 Å². The van der Waals surface area contributed by atoms with Gasteiger partial charge in [0.25, 0.3) is 0 Å². The Morgan fingerprint density at radius 2 is 2.16 bits per heavy atom. The summed E-state index contributed by atoms with van der Waals surface area (Å²) in [7, 11) is 0. The molecule has 0 fully saturated rings. The summed E-state index contributed by atoms with van der Waals surface area (Å²) < 4.78 is 0.938. The van der Waals surface area contributed by atoms with Gasteiger partial charge in [0, 0.05) is 23.4 Å². The van der Waals surface area contributed by atoms with Crippen LogP contribution in [0.15, 0.2) is 29.0 Å². The molecule has 0 atom stereocenters. The van der Waals surface area contributed by atoms with Gasteiger partial charge in [-0.15, -0.1) is 0 Å². The largest absolute Gasteiger partial charge is 0.383 e. The molecule has 2 heterocycles. The Morgan fingerprint density at radius 1 is 1.37 bits per heavy atom. The Hall–Kier alpha value is -1.20. The fraction of sp³-hybridized carbons (Fsp3) is 0.429. The van der Waals surface area contributed by atoms with E-state index >= 15 is 0 Å². The summed E-state index contributed by atoms with van der Waals surface area (Å²) in [5.74, 6) is 0. The first-order valence-electron chi connectivity index (χ1n) is 6.36. The first kappa shape index (κ1) is 14.2. The van der Waals surface area contributed by atoms with Gasteiger partial charge in [0.15, 0.2) is 0 Å². The maximum Gasteiger partial charge on any atom is 0.112 e. The fourth-order valence-electron chi connectivity index (χ4n) is 1.96. The number of rotatable bonds is 5. The van der Waals surface area contributed by atoms with Gasteiger partial charge in [-0.25, -0.2) is 0 Å². The minimum absolute atomic E-state index is 0.166. The van der Waals surface area contributed by atoms with Gasteiger partial charge in [0.2, 0.25) is 0 Å². The average molecular weight is 323 g/mol. The van der Waals surface area contributed by atoms with Gasteiger partial charge in [0.05, 0.1) is 11.2 Å². The van der Waals surface area contributed by atoms with E-state index in [0.717, 1.165) is 34.2 Å². The number of hydrogen-bond donors (Lipinski definition) is 2. The number of hydrogen-bond acceptors (Lipinski definition) is 4. The molecule has 102 valence electrons. The van der Waals surface area contributed by atoms with Crippen molar-refractivity contribution in [2.45, 2.75) is 20.3 Å². The normalized spacial score (nSPS) is 11.8. The second-order valence-electron chi connectivity index (χ2n) is 5.44. The lowest BCUT2D eigenvalue weighted by atomic mass is 9.89. The molecule has 4 nitrogen and oxygen atoms in total. The van der Waals surface area contributed by atoms with E-state index in [0.29, 0.717) is 6.54 Å². The quantitative estimate of drug-likeness (QED) is 0.887. The molecule has 2 aromatic rings. The number of fused-ring (bicyclic) bond motifs is 1. The van der Waals surface area contributed by atoms with Crippen molar-refractivity contribution in [1.29, 1.82) is 0 Å². The summed E-state index contributed by atoms with van der Waals surface area (Å²) in [4.78, 5) is 8.76. The number of aromatic nitrogens is 2. The van der Waals surface area contributed by atoms with Crippen LogP contribution in [0.5, 0.6) is 0 Å². The molecule has 0 aliphatic rings. The summed E-state index contributed by atoms with van der Waals surface area (Å²) in [6, 6.07) is 3.93. The molecule has 0 bridgehead atoms. The highest BCUT2D eigenvalue weighted by atomic mass is 79.9. The topological polar surface area (TPSA) is 63.8 Å². The van der Waals surface area contributed by atoms with Crippen molar-refractivity contribution in [3.63, 3.8) is 0 Å². The zero-order chi connectivity index (χ0) is 13.9. The smallest absolute Gasteiger partial charge is 0.112 e. The number of halogens is 1. The van der Waals surface area contributed by atoms with E-state index < -0.39 is 0 Å². The van der Waals surface area contributed by atoms with E-state index in [4.69, 9.17) is 5.73 Å². The molecule has 0 radical (unpaired) electrons. The third-order valence-corrected chi connectivity index (χ3v) is 3.56. The van der Waals surface area contributed by atoms with Crippen molar-refractivity contribution in [1.82, 2.24) is 9.97 Å². The maximum atomic E-state index is 5.64. The first-order valence-corrected chi connectivity index (χ1v) is 7.15. The molecule has 0 saturated carbocycles. The summed E-state index contributed by atoms with van der Waals surface area (Å²) in [5, 5.41) is 3.46. The number of nitrogens with one attached hydrogen (secondary N) is 1. The zero-order valence-corrected chi connectivity index (χ0v) is 12.9. The first-order chi connectivity index (χ1) is 9.02. The van der Waals surface area contributed by atoms with E-state index in [-0.39, 0.29) is 5.41 Å². The fourth-order valence-corrected chi connectivity index (χ4v) is 2.28. The van der Waals surface area contributed by atoms with Crippen LogP contribution in [0.2, 0.25) is 0 Å². The molecule has 2 aromatic heterocycles. The third kappa shape index (κ3) is 3.64. The lowest BCUT2D eigenvalue weighted by molar-refractivity contribution is 0.365. The minimum atomic E-state index is 0.166. The molecule has 5 heteroatoms. The monoisotopic (exact) mass is 322 g/mol. The van der Waals surface area contributed by atoms with Gasteiger partial charge < -0.3 is 11.1 Å². The van der Waals surface area contributed by atoms with Crippen molar-refractivity contribution >= 4 is 32.7 Å². The van der Waals surface area contributed by atoms with Crippen molar-refractivity contribution in [2.75, 3.05) is 18.4 Å². The molecule has 0 saturated heterocycles. The molecule has 0 aromatic carbocycles. The highest BCUT2D eigenvalue weighted by molar-refractivity contribution is 9.10. The molecule has 0 aliphatic carbocycles. The van der Waals surface area contributed by atoms with E-state index in [9.17, 15) is 0 Å². The van der Waals surface area contributed by atoms with Gasteiger partial charge >= 0.3 is 0 Å². The van der Waals surface area contributed by atoms with Gasteiger partial charge in [-0.05, 0) is 46.4 Å². The van der Waals surface area contributed by atoms with Crippen LogP contribution in [-0.4, -0.2) is 23.1 Å². The minimum Gasteiger partial charge on any atom is -0.383 e. The lowest BCUT2D eigenvalue weighted by Crippen LogP contribution is -2.26. The van der Waals surface area contributed by atoms with Crippen molar-refractivity contribution in [2.24, 2.45) is 11.1 Å². The van der Waals surface area contributed by atoms with E-state index in [1.807, 2.05) is 12.1 Å². The van der Waals surface area contributed by atoms with Crippen LogP contribution in [-0.2, 0) is 0 Å². The molecule has 0 spiro atoms. The summed E-state index contributed by atoms with van der Waals surface area (Å²) in [6.45, 7) is 5.98. The van der Waals surface area contributed by atoms with Crippen LogP contribution in [0.1, 0.15) is 20.3 Å². The highest BCUT2D eigenvalue weighted by Crippen LogP contribution is 2.25. The summed E-state index contributed by atoms with van der Waals surface area (Å²) in [5.41, 5.74) is 8.60. The Labute approximate surface area is 121 Å². The zero-order valence-electron chi connectivity index (χ0n) is 11.3. The van der Waals surface area contributed by atoms with Crippen molar-refractivity contribution in [3.05, 3.63) is 29.0 Å². The van der Waals surface area contributed by atoms with Crippen LogP contribution in [0, 0.1) is 5.41 Å². The highest BCUT2D eigenvalue weighted by Gasteiger charge is 2.17. The van der Waals surface area contributed by atoms with Crippen LogP contribution in [0.4, 0.5) is 5.69 Å². The van der Waals surface area contributed by atoms with Gasteiger partial charge in [-0.1, -0.05) is 13.8 Å². The molecule has 19 heavy (non-hydrogen) atoms. The second kappa shape index (κ2) is 5.84. The molecule has 3 N–H and O–H groups in total. The maximum absolute atomic E-state index is 5.64. The summed E-state index contributed by atoms with van der Waals surface area (Å²) in [6.07, 6.45) is 4.58. The number of pyridine rings is 2. The predicted molar refractivity (Wildman–Crippen MR) is 83.2 cm³/mol. The molecule has 2 rings (SSSR count). The molecular formula is C14H19BrN4. The van der Waals surface area contributed by atoms with Crippen LogP contribution in [0.25, 0.3) is 11.0 Å². The van der Waals surface area contributed by atoms with Crippen molar-refractivity contribution < 1.29 is 0 Å². The van der Waals surface area contributed by atoms with Gasteiger partial charge in [0.1, 0.15) is 5.52 Å². The molecule has 0 unspecified atom stereocenters. The standard InChI is InChI=1S/C14H19BrN4/c1-14(2,4-5-16)9-19-11-3-6-17-12-7-10(15)8-18-13(11)12/h3,6-8H,4-5,9,16H2,1-2H3,(H,17,19). The van der Waals surface area contributed by atoms with Crippen LogP contribution >= 0.6 is 15.9 Å². The van der Waals surface area contributed by atoms with Crippen LogP contribution < -0.4 is 11.1 Å². The SMILES string of the molecule is CC(C)(CCN)CNc1ccnc2cc(Br)cnc12. The van der Waals surface area contributed by atoms with Gasteiger partial charge in [-0.2, -0.15) is 0 Å². The molecule has 0 aliphatic heterocycles. The van der Waals surface area contributed by atoms with Crippen LogP contribution in [0.3, 0.4) is 0 Å². The second-order valence-corrected chi connectivity index (χ2v) is 6.35. The number of anilines is 1. The predicted octanol–water partition coefficient (Wildman–Crippen LogP) is 3.18. The average Bonchev–Trinajstić information content (AvgIpc) is 2.36.